The molecule has 0 saturated heterocycles. The molecular formula is C13H19N5O2. The third-order valence-corrected chi connectivity index (χ3v) is 2.50. The predicted molar refractivity (Wildman–Crippen MR) is 72.9 cm³/mol. The van der Waals surface area contributed by atoms with Crippen molar-refractivity contribution in [1.29, 1.82) is 0 Å². The van der Waals surface area contributed by atoms with Crippen LogP contribution in [0.5, 0.6) is 5.88 Å². The molecular weight excluding hydrogens is 258 g/mol. The molecule has 108 valence electrons. The Bertz CT molecular complexity index is 548. The second-order valence-electron chi connectivity index (χ2n) is 5.28. The molecule has 0 atom stereocenters. The van der Waals surface area contributed by atoms with Gasteiger partial charge in [0.25, 0.3) is 0 Å². The lowest BCUT2D eigenvalue weighted by molar-refractivity contribution is -0.0169. The fourth-order valence-corrected chi connectivity index (χ4v) is 1.61. The number of aromatic nitrogens is 5. The molecule has 0 bridgehead atoms. The lowest BCUT2D eigenvalue weighted by Crippen LogP contribution is -2.22. The summed E-state index contributed by atoms with van der Waals surface area (Å²) in [6.07, 6.45) is 4.49. The van der Waals surface area contributed by atoms with E-state index in [0.29, 0.717) is 24.9 Å². The standard InChI is InChI=1S/C13H19N5O2/c1-10-11(18-9-14-7-17-18)15-8-16-12(10)19-5-6-20-13(2,3)4/h7-9H,5-6H2,1-4H3. The van der Waals surface area contributed by atoms with Crippen LogP contribution < -0.4 is 4.74 Å². The maximum absolute atomic E-state index is 5.63. The van der Waals surface area contributed by atoms with Crippen LogP contribution in [0.25, 0.3) is 5.82 Å². The largest absolute Gasteiger partial charge is 0.475 e. The first kappa shape index (κ1) is 14.4. The summed E-state index contributed by atoms with van der Waals surface area (Å²) >= 11 is 0. The first-order valence-corrected chi connectivity index (χ1v) is 6.41. The number of ether oxygens (including phenoxy) is 2. The molecule has 7 heteroatoms. The zero-order valence-electron chi connectivity index (χ0n) is 12.2. The van der Waals surface area contributed by atoms with Crippen molar-refractivity contribution in [2.45, 2.75) is 33.3 Å². The van der Waals surface area contributed by atoms with Crippen LogP contribution in [0.15, 0.2) is 19.0 Å². The van der Waals surface area contributed by atoms with Crippen LogP contribution in [-0.4, -0.2) is 43.5 Å². The molecule has 0 aliphatic heterocycles. The van der Waals surface area contributed by atoms with E-state index in [2.05, 4.69) is 20.1 Å². The number of hydrogen-bond acceptors (Lipinski definition) is 6. The van der Waals surface area contributed by atoms with Crippen molar-refractivity contribution in [3.8, 4) is 11.7 Å². The van der Waals surface area contributed by atoms with E-state index in [1.165, 1.54) is 12.7 Å². The van der Waals surface area contributed by atoms with E-state index < -0.39 is 0 Å². The molecule has 0 aromatic carbocycles. The molecule has 0 aliphatic carbocycles. The minimum atomic E-state index is -0.171. The normalized spacial score (nSPS) is 11.6. The summed E-state index contributed by atoms with van der Waals surface area (Å²) in [5.74, 6) is 1.19. The van der Waals surface area contributed by atoms with Crippen LogP contribution in [0.3, 0.4) is 0 Å². The summed E-state index contributed by atoms with van der Waals surface area (Å²) < 4.78 is 12.8. The highest BCUT2D eigenvalue weighted by Gasteiger charge is 2.12. The minimum Gasteiger partial charge on any atom is -0.475 e. The predicted octanol–water partition coefficient (Wildman–Crippen LogP) is 1.56. The first-order valence-electron chi connectivity index (χ1n) is 6.41. The van der Waals surface area contributed by atoms with E-state index in [1.54, 1.807) is 11.0 Å². The lowest BCUT2D eigenvalue weighted by atomic mass is 10.2. The van der Waals surface area contributed by atoms with Gasteiger partial charge in [0.2, 0.25) is 5.88 Å². The van der Waals surface area contributed by atoms with Crippen LogP contribution in [0.2, 0.25) is 0 Å². The van der Waals surface area contributed by atoms with Gasteiger partial charge in [0.15, 0.2) is 5.82 Å². The van der Waals surface area contributed by atoms with Crippen LogP contribution in [0.4, 0.5) is 0 Å². The van der Waals surface area contributed by atoms with Gasteiger partial charge < -0.3 is 9.47 Å². The lowest BCUT2D eigenvalue weighted by Gasteiger charge is -2.19. The number of hydrogen-bond donors (Lipinski definition) is 0. The highest BCUT2D eigenvalue weighted by molar-refractivity contribution is 5.37. The van der Waals surface area contributed by atoms with Gasteiger partial charge in [-0.05, 0) is 27.7 Å². The van der Waals surface area contributed by atoms with Crippen LogP contribution in [-0.2, 0) is 4.74 Å². The number of rotatable bonds is 5. The smallest absolute Gasteiger partial charge is 0.221 e. The van der Waals surface area contributed by atoms with Crippen molar-refractivity contribution in [1.82, 2.24) is 24.7 Å². The van der Waals surface area contributed by atoms with Crippen molar-refractivity contribution < 1.29 is 9.47 Å². The summed E-state index contributed by atoms with van der Waals surface area (Å²) in [5.41, 5.74) is 0.643. The van der Waals surface area contributed by atoms with E-state index in [4.69, 9.17) is 9.47 Å². The van der Waals surface area contributed by atoms with Crippen molar-refractivity contribution >= 4 is 0 Å². The Kier molecular flexibility index (Phi) is 4.29. The highest BCUT2D eigenvalue weighted by atomic mass is 16.5. The second-order valence-corrected chi connectivity index (χ2v) is 5.28. The molecule has 2 aromatic rings. The van der Waals surface area contributed by atoms with Gasteiger partial charge in [-0.15, -0.1) is 0 Å². The third-order valence-electron chi connectivity index (χ3n) is 2.50. The molecule has 0 amide bonds. The fourth-order valence-electron chi connectivity index (χ4n) is 1.61. The van der Waals surface area contributed by atoms with Gasteiger partial charge in [0.05, 0.1) is 17.8 Å². The van der Waals surface area contributed by atoms with Crippen LogP contribution in [0.1, 0.15) is 26.3 Å². The van der Waals surface area contributed by atoms with Crippen LogP contribution in [0, 0.1) is 6.92 Å². The zero-order valence-corrected chi connectivity index (χ0v) is 12.2. The van der Waals surface area contributed by atoms with Gasteiger partial charge in [-0.25, -0.2) is 19.6 Å². The van der Waals surface area contributed by atoms with E-state index in [0.717, 1.165) is 5.56 Å². The fraction of sp³-hybridized carbons (Fsp3) is 0.538. The van der Waals surface area contributed by atoms with E-state index in [9.17, 15) is 0 Å². The van der Waals surface area contributed by atoms with Gasteiger partial charge in [-0.3, -0.25) is 0 Å². The van der Waals surface area contributed by atoms with E-state index in [-0.39, 0.29) is 5.60 Å². The Labute approximate surface area is 118 Å². The SMILES string of the molecule is Cc1c(OCCOC(C)(C)C)ncnc1-n1cncn1. The minimum absolute atomic E-state index is 0.171. The molecule has 0 fully saturated rings. The quantitative estimate of drug-likeness (QED) is 0.772. The average molecular weight is 277 g/mol. The topological polar surface area (TPSA) is 75.0 Å². The highest BCUT2D eigenvalue weighted by Crippen LogP contribution is 2.18. The Morgan fingerprint density at radius 2 is 1.95 bits per heavy atom. The third kappa shape index (κ3) is 3.74. The Morgan fingerprint density at radius 1 is 1.15 bits per heavy atom. The Morgan fingerprint density at radius 3 is 2.60 bits per heavy atom. The summed E-state index contributed by atoms with van der Waals surface area (Å²) in [4.78, 5) is 12.2. The van der Waals surface area contributed by atoms with Crippen molar-refractivity contribution in [3.05, 3.63) is 24.5 Å². The summed E-state index contributed by atoms with van der Waals surface area (Å²) in [6, 6.07) is 0. The molecule has 0 saturated carbocycles. The summed E-state index contributed by atoms with van der Waals surface area (Å²) in [7, 11) is 0. The van der Waals surface area contributed by atoms with Gasteiger partial charge in [0, 0.05) is 0 Å². The monoisotopic (exact) mass is 277 g/mol. The summed E-state index contributed by atoms with van der Waals surface area (Å²) in [5, 5.41) is 4.05. The van der Waals surface area contributed by atoms with Crippen molar-refractivity contribution in [3.63, 3.8) is 0 Å². The molecule has 2 heterocycles. The van der Waals surface area contributed by atoms with Gasteiger partial charge >= 0.3 is 0 Å². The average Bonchev–Trinajstić information content (AvgIpc) is 2.89. The molecule has 0 radical (unpaired) electrons. The zero-order chi connectivity index (χ0) is 14.6. The molecule has 20 heavy (non-hydrogen) atoms. The maximum atomic E-state index is 5.63. The second kappa shape index (κ2) is 5.96. The van der Waals surface area contributed by atoms with Gasteiger partial charge in [0.1, 0.15) is 25.6 Å². The van der Waals surface area contributed by atoms with Gasteiger partial charge in [-0.2, -0.15) is 5.10 Å². The Hall–Kier alpha value is -2.02. The molecule has 0 spiro atoms. The van der Waals surface area contributed by atoms with E-state index >= 15 is 0 Å². The van der Waals surface area contributed by atoms with Gasteiger partial charge in [-0.1, -0.05) is 0 Å². The molecule has 2 aromatic heterocycles. The molecule has 2 rings (SSSR count). The molecule has 0 N–H and O–H groups in total. The number of nitrogens with zero attached hydrogens (tertiary/aromatic N) is 5. The maximum Gasteiger partial charge on any atom is 0.221 e. The molecule has 0 aliphatic rings. The van der Waals surface area contributed by atoms with Crippen molar-refractivity contribution in [2.24, 2.45) is 0 Å². The van der Waals surface area contributed by atoms with E-state index in [1.807, 2.05) is 27.7 Å². The molecule has 7 nitrogen and oxygen atoms in total. The first-order chi connectivity index (χ1) is 9.47. The molecule has 0 unspecified atom stereocenters. The summed E-state index contributed by atoms with van der Waals surface area (Å²) in [6.45, 7) is 8.84. The van der Waals surface area contributed by atoms with Crippen molar-refractivity contribution in [2.75, 3.05) is 13.2 Å². The van der Waals surface area contributed by atoms with Crippen LogP contribution >= 0.6 is 0 Å². The Balaban J connectivity index is 2.01.